The van der Waals surface area contributed by atoms with Gasteiger partial charge in [-0.3, -0.25) is 4.68 Å². The lowest BCUT2D eigenvalue weighted by Crippen LogP contribution is -2.15. The van der Waals surface area contributed by atoms with E-state index in [0.29, 0.717) is 24.4 Å². The number of rotatable bonds is 4. The van der Waals surface area contributed by atoms with Crippen LogP contribution in [0.2, 0.25) is 0 Å². The van der Waals surface area contributed by atoms with Gasteiger partial charge in [-0.05, 0) is 12.1 Å². The smallest absolute Gasteiger partial charge is 0.364 e. The molecule has 3 heterocycles. The van der Waals surface area contributed by atoms with Crippen molar-refractivity contribution in [2.24, 2.45) is 7.05 Å². The van der Waals surface area contributed by atoms with Gasteiger partial charge in [0.15, 0.2) is 11.5 Å². The molecule has 0 bridgehead atoms. The molecule has 0 spiro atoms. The Labute approximate surface area is 107 Å². The fourth-order valence-electron chi connectivity index (χ4n) is 1.70. The van der Waals surface area contributed by atoms with E-state index in [-0.39, 0.29) is 5.69 Å². The van der Waals surface area contributed by atoms with Crippen LogP contribution in [-0.4, -0.2) is 41.1 Å². The van der Waals surface area contributed by atoms with Gasteiger partial charge in [-0.15, -0.1) is 5.10 Å². The molecule has 0 aliphatic heterocycles. The molecule has 0 saturated carbocycles. The molecule has 3 aromatic heterocycles. The highest BCUT2D eigenvalue weighted by Crippen LogP contribution is 2.02. The van der Waals surface area contributed by atoms with Crippen molar-refractivity contribution in [2.75, 3.05) is 11.9 Å². The maximum absolute atomic E-state index is 11.4. The molecule has 0 saturated heterocycles. The lowest BCUT2D eigenvalue weighted by atomic mass is 10.4. The number of H-pyrrole nitrogens is 1. The Bertz CT molecular complexity index is 754. The van der Waals surface area contributed by atoms with Crippen LogP contribution in [0.1, 0.15) is 5.82 Å². The van der Waals surface area contributed by atoms with E-state index < -0.39 is 0 Å². The minimum atomic E-state index is -0.356. The van der Waals surface area contributed by atoms with Crippen molar-refractivity contribution in [2.45, 2.75) is 6.42 Å². The number of hydrogen-bond acceptors (Lipinski definition) is 6. The summed E-state index contributed by atoms with van der Waals surface area (Å²) in [4.78, 5) is 15.5. The summed E-state index contributed by atoms with van der Waals surface area (Å²) in [5.41, 5.74) is 0.131. The van der Waals surface area contributed by atoms with Gasteiger partial charge < -0.3 is 5.32 Å². The van der Waals surface area contributed by atoms with E-state index in [4.69, 9.17) is 0 Å². The second kappa shape index (κ2) is 4.52. The van der Waals surface area contributed by atoms with Crippen LogP contribution in [0.4, 0.5) is 5.82 Å². The number of nitrogens with zero attached hydrogens (tertiary/aromatic N) is 6. The van der Waals surface area contributed by atoms with E-state index in [0.717, 1.165) is 5.82 Å². The third-order valence-corrected chi connectivity index (χ3v) is 2.58. The molecular weight excluding hydrogens is 248 g/mol. The highest BCUT2D eigenvalue weighted by atomic mass is 16.2. The minimum absolute atomic E-state index is 0.356. The van der Waals surface area contributed by atoms with E-state index in [1.165, 1.54) is 4.52 Å². The first-order valence-electron chi connectivity index (χ1n) is 5.75. The van der Waals surface area contributed by atoms with Gasteiger partial charge in [0.2, 0.25) is 0 Å². The van der Waals surface area contributed by atoms with Crippen LogP contribution in [0.25, 0.3) is 5.65 Å². The van der Waals surface area contributed by atoms with Crippen LogP contribution in [0, 0.1) is 0 Å². The first kappa shape index (κ1) is 11.4. The van der Waals surface area contributed by atoms with E-state index in [9.17, 15) is 4.79 Å². The number of fused-ring (bicyclic) bond motifs is 1. The number of nitrogens with one attached hydrogen (secondary N) is 2. The molecule has 19 heavy (non-hydrogen) atoms. The van der Waals surface area contributed by atoms with E-state index in [1.807, 2.05) is 7.05 Å². The maximum atomic E-state index is 11.4. The summed E-state index contributed by atoms with van der Waals surface area (Å²) < 4.78 is 2.87. The summed E-state index contributed by atoms with van der Waals surface area (Å²) in [6.07, 6.45) is 2.34. The molecule has 0 unspecified atom stereocenters. The Morgan fingerprint density at radius 2 is 2.26 bits per heavy atom. The average Bonchev–Trinajstić information content (AvgIpc) is 2.97. The molecule has 9 heteroatoms. The lowest BCUT2D eigenvalue weighted by Gasteiger charge is -2.03. The van der Waals surface area contributed by atoms with Crippen molar-refractivity contribution in [1.29, 1.82) is 0 Å². The fraction of sp³-hybridized carbons (Fsp3) is 0.300. The SMILES string of the molecule is Cn1cnc(CCNc2ccc3n[nH]c(=O)n3n2)n1. The van der Waals surface area contributed by atoms with Crippen molar-refractivity contribution < 1.29 is 0 Å². The van der Waals surface area contributed by atoms with E-state index in [2.05, 4.69) is 30.7 Å². The molecule has 0 fully saturated rings. The standard InChI is InChI=1S/C10H12N8O/c1-17-6-12-8(15-17)4-5-11-7-2-3-9-13-14-10(19)18(9)16-7/h2-3,6H,4-5H2,1H3,(H,11,16)(H,14,19). The van der Waals surface area contributed by atoms with Crippen molar-refractivity contribution in [3.8, 4) is 0 Å². The summed E-state index contributed by atoms with van der Waals surface area (Å²) in [6, 6.07) is 3.48. The summed E-state index contributed by atoms with van der Waals surface area (Å²) in [6.45, 7) is 0.634. The fourth-order valence-corrected chi connectivity index (χ4v) is 1.70. The van der Waals surface area contributed by atoms with Gasteiger partial charge in [0.25, 0.3) is 0 Å². The Balaban J connectivity index is 1.68. The molecule has 0 amide bonds. The predicted molar refractivity (Wildman–Crippen MR) is 66.8 cm³/mol. The molecule has 0 aliphatic carbocycles. The third-order valence-electron chi connectivity index (χ3n) is 2.58. The van der Waals surface area contributed by atoms with Gasteiger partial charge >= 0.3 is 5.69 Å². The average molecular weight is 260 g/mol. The molecule has 0 radical (unpaired) electrons. The first-order valence-corrected chi connectivity index (χ1v) is 5.75. The van der Waals surface area contributed by atoms with Gasteiger partial charge in [0.1, 0.15) is 12.1 Å². The van der Waals surface area contributed by atoms with E-state index in [1.54, 1.807) is 23.1 Å². The zero-order valence-electron chi connectivity index (χ0n) is 10.2. The molecule has 2 N–H and O–H groups in total. The molecule has 9 nitrogen and oxygen atoms in total. The molecule has 3 rings (SSSR count). The van der Waals surface area contributed by atoms with Gasteiger partial charge in [-0.2, -0.15) is 14.7 Å². The Kier molecular flexibility index (Phi) is 2.71. The largest absolute Gasteiger partial charge is 0.368 e. The first-order chi connectivity index (χ1) is 9.22. The molecule has 3 aromatic rings. The topological polar surface area (TPSA) is 106 Å². The summed E-state index contributed by atoms with van der Waals surface area (Å²) in [5, 5.41) is 17.5. The van der Waals surface area contributed by atoms with Gasteiger partial charge in [-0.1, -0.05) is 0 Å². The zero-order valence-corrected chi connectivity index (χ0v) is 10.2. The quantitative estimate of drug-likeness (QED) is 0.636. The van der Waals surface area contributed by atoms with Crippen LogP contribution in [-0.2, 0) is 13.5 Å². The zero-order chi connectivity index (χ0) is 13.2. The van der Waals surface area contributed by atoms with Crippen LogP contribution >= 0.6 is 0 Å². The monoisotopic (exact) mass is 260 g/mol. The molecule has 0 aliphatic rings. The predicted octanol–water partition coefficient (Wildman–Crippen LogP) is -0.799. The van der Waals surface area contributed by atoms with Crippen LogP contribution < -0.4 is 11.0 Å². The number of anilines is 1. The Morgan fingerprint density at radius 1 is 1.37 bits per heavy atom. The Morgan fingerprint density at radius 3 is 3.05 bits per heavy atom. The van der Waals surface area contributed by atoms with Crippen molar-refractivity contribution in [3.05, 3.63) is 34.8 Å². The summed E-state index contributed by atoms with van der Waals surface area (Å²) in [5.74, 6) is 1.36. The van der Waals surface area contributed by atoms with Crippen LogP contribution in [0.5, 0.6) is 0 Å². The number of aromatic amines is 1. The Hall–Kier alpha value is -2.71. The number of hydrogen-bond donors (Lipinski definition) is 2. The highest BCUT2D eigenvalue weighted by Gasteiger charge is 2.03. The van der Waals surface area contributed by atoms with Crippen molar-refractivity contribution in [1.82, 2.24) is 34.6 Å². The molecule has 98 valence electrons. The molecule has 0 aromatic carbocycles. The summed E-state index contributed by atoms with van der Waals surface area (Å²) in [7, 11) is 1.82. The highest BCUT2D eigenvalue weighted by molar-refractivity contribution is 5.42. The van der Waals surface area contributed by atoms with Crippen molar-refractivity contribution >= 4 is 11.5 Å². The third kappa shape index (κ3) is 2.30. The van der Waals surface area contributed by atoms with Crippen molar-refractivity contribution in [3.63, 3.8) is 0 Å². The lowest BCUT2D eigenvalue weighted by molar-refractivity contribution is 0.741. The second-order valence-corrected chi connectivity index (χ2v) is 4.03. The maximum Gasteiger partial charge on any atom is 0.364 e. The van der Waals surface area contributed by atoms with Gasteiger partial charge in [0.05, 0.1) is 0 Å². The molecule has 0 atom stereocenters. The van der Waals surface area contributed by atoms with E-state index >= 15 is 0 Å². The number of aromatic nitrogens is 7. The van der Waals surface area contributed by atoms with Gasteiger partial charge in [0, 0.05) is 20.0 Å². The van der Waals surface area contributed by atoms with Gasteiger partial charge in [-0.25, -0.2) is 14.9 Å². The number of aryl methyl sites for hydroxylation is 1. The van der Waals surface area contributed by atoms with Crippen LogP contribution in [0.15, 0.2) is 23.3 Å². The van der Waals surface area contributed by atoms with Crippen LogP contribution in [0.3, 0.4) is 0 Å². The second-order valence-electron chi connectivity index (χ2n) is 4.03. The normalized spacial score (nSPS) is 11.0. The minimum Gasteiger partial charge on any atom is -0.368 e. The summed E-state index contributed by atoms with van der Waals surface area (Å²) >= 11 is 0. The molecular formula is C10H12N8O.